The Kier molecular flexibility index (Phi) is 2.21. The Morgan fingerprint density at radius 1 is 1.47 bits per heavy atom. The van der Waals surface area contributed by atoms with Gasteiger partial charge in [0, 0.05) is 5.41 Å². The summed E-state index contributed by atoms with van der Waals surface area (Å²) in [5.41, 5.74) is 2.08. The Hall–Kier alpha value is -1.15. The van der Waals surface area contributed by atoms with E-state index < -0.39 is 0 Å². The first-order chi connectivity index (χ1) is 8.06. The molecule has 2 nitrogen and oxygen atoms in total. The first-order valence-corrected chi connectivity index (χ1v) is 6.31. The average molecular weight is 230 g/mol. The van der Waals surface area contributed by atoms with Gasteiger partial charge in [0.1, 0.15) is 5.60 Å². The maximum atomic E-state index is 11.5. The summed E-state index contributed by atoms with van der Waals surface area (Å²) in [5, 5.41) is 0. The van der Waals surface area contributed by atoms with Crippen molar-refractivity contribution in [3.8, 4) is 0 Å². The van der Waals surface area contributed by atoms with E-state index in [2.05, 4.69) is 13.5 Å². The van der Waals surface area contributed by atoms with Gasteiger partial charge in [-0.2, -0.15) is 0 Å². The zero-order chi connectivity index (χ0) is 12.1. The Morgan fingerprint density at radius 3 is 3.12 bits per heavy atom. The molecule has 17 heavy (non-hydrogen) atoms. The van der Waals surface area contributed by atoms with Gasteiger partial charge in [0.25, 0.3) is 0 Å². The molecule has 0 aromatic heterocycles. The topological polar surface area (TPSA) is 26.3 Å². The monoisotopic (exact) mass is 230 g/mol. The molecule has 2 fully saturated rings. The molecule has 90 valence electrons. The van der Waals surface area contributed by atoms with Gasteiger partial charge in [-0.25, -0.2) is 0 Å². The Bertz CT molecular complexity index is 458. The summed E-state index contributed by atoms with van der Waals surface area (Å²) in [5.74, 6) is 0.0999. The Balaban J connectivity index is 2.10. The molecular weight excluding hydrogens is 212 g/mol. The van der Waals surface area contributed by atoms with Crippen LogP contribution in [0.25, 0.3) is 0 Å². The number of hydrogen-bond donors (Lipinski definition) is 0. The van der Waals surface area contributed by atoms with Crippen LogP contribution in [-0.2, 0) is 9.53 Å². The molecule has 0 amide bonds. The molecule has 1 aliphatic heterocycles. The molecule has 0 bridgehead atoms. The van der Waals surface area contributed by atoms with E-state index >= 15 is 0 Å². The van der Waals surface area contributed by atoms with Crippen LogP contribution < -0.4 is 0 Å². The van der Waals surface area contributed by atoms with Crippen LogP contribution in [0.1, 0.15) is 32.6 Å². The number of carbonyl (C=O) groups excluding carboxylic acids is 1. The first-order valence-electron chi connectivity index (χ1n) is 6.31. The van der Waals surface area contributed by atoms with Crippen molar-refractivity contribution >= 4 is 5.78 Å². The smallest absolute Gasteiger partial charge is 0.178 e. The second-order valence-corrected chi connectivity index (χ2v) is 5.77. The van der Waals surface area contributed by atoms with Crippen LogP contribution in [0, 0.1) is 5.41 Å². The number of ether oxygens (including phenoxy) is 1. The molecule has 0 radical (unpaired) electrons. The molecule has 2 aliphatic carbocycles. The molecule has 3 aliphatic rings. The molecule has 2 atom stereocenters. The van der Waals surface area contributed by atoms with Crippen LogP contribution in [-0.4, -0.2) is 18.0 Å². The van der Waals surface area contributed by atoms with E-state index in [4.69, 9.17) is 4.74 Å². The van der Waals surface area contributed by atoms with Crippen molar-refractivity contribution in [1.82, 2.24) is 0 Å². The number of allylic oxidation sites excluding steroid dienone is 2. The van der Waals surface area contributed by atoms with Crippen molar-refractivity contribution in [1.29, 1.82) is 0 Å². The van der Waals surface area contributed by atoms with Crippen molar-refractivity contribution in [3.05, 3.63) is 36.0 Å². The summed E-state index contributed by atoms with van der Waals surface area (Å²) in [7, 11) is 0. The van der Waals surface area contributed by atoms with Crippen molar-refractivity contribution in [2.24, 2.45) is 5.41 Å². The molecular formula is C15H18O2. The van der Waals surface area contributed by atoms with Gasteiger partial charge in [-0.3, -0.25) is 4.79 Å². The molecule has 0 N–H and O–H groups in total. The third kappa shape index (κ3) is 1.40. The quantitative estimate of drug-likeness (QED) is 0.598. The lowest BCUT2D eigenvalue weighted by molar-refractivity contribution is -0.116. The predicted octanol–water partition coefficient (Wildman–Crippen LogP) is 2.96. The van der Waals surface area contributed by atoms with E-state index in [-0.39, 0.29) is 16.8 Å². The minimum Gasteiger partial charge on any atom is -0.362 e. The molecule has 1 heterocycles. The van der Waals surface area contributed by atoms with Crippen LogP contribution in [0.3, 0.4) is 0 Å². The fourth-order valence-electron chi connectivity index (χ4n) is 3.69. The number of carbonyl (C=O) groups is 1. The summed E-state index contributed by atoms with van der Waals surface area (Å²) in [6.45, 7) is 6.95. The molecule has 0 unspecified atom stereocenters. The maximum Gasteiger partial charge on any atom is 0.178 e. The molecule has 0 aromatic carbocycles. The summed E-state index contributed by atoms with van der Waals surface area (Å²) in [6.07, 6.45) is 9.72. The number of ketones is 1. The van der Waals surface area contributed by atoms with Gasteiger partial charge in [-0.05, 0) is 49.5 Å². The standard InChI is InChI=1S/C15H18O2/c1-11-9-14(2)6-3-4-12-8-13(16)5-7-15(12,14)17-10-11/h5,7-8H,1,3-4,6,9-10H2,2H3/t14-,15-/m1/s1. The van der Waals surface area contributed by atoms with Gasteiger partial charge in [-0.1, -0.05) is 19.1 Å². The Labute approximate surface area is 102 Å². The predicted molar refractivity (Wildman–Crippen MR) is 66.6 cm³/mol. The van der Waals surface area contributed by atoms with E-state index in [9.17, 15) is 4.79 Å². The van der Waals surface area contributed by atoms with E-state index in [0.29, 0.717) is 6.61 Å². The van der Waals surface area contributed by atoms with E-state index in [0.717, 1.165) is 25.7 Å². The lowest BCUT2D eigenvalue weighted by atomic mass is 9.57. The molecule has 2 heteroatoms. The van der Waals surface area contributed by atoms with Crippen LogP contribution in [0.4, 0.5) is 0 Å². The first kappa shape index (κ1) is 11.0. The second kappa shape index (κ2) is 3.42. The Morgan fingerprint density at radius 2 is 2.29 bits per heavy atom. The third-order valence-electron chi connectivity index (χ3n) is 4.49. The molecule has 1 saturated heterocycles. The SMILES string of the molecule is C=C1CO[C@]23C=CC(=O)C=C2CCC[C@]3(C)C1. The minimum atomic E-state index is -0.333. The summed E-state index contributed by atoms with van der Waals surface area (Å²) in [4.78, 5) is 11.5. The molecule has 1 spiro atoms. The number of rotatable bonds is 0. The highest BCUT2D eigenvalue weighted by atomic mass is 16.5. The molecule has 3 rings (SSSR count). The highest BCUT2D eigenvalue weighted by Crippen LogP contribution is 2.56. The summed E-state index contributed by atoms with van der Waals surface area (Å²) in [6, 6.07) is 0. The van der Waals surface area contributed by atoms with E-state index in [1.807, 2.05) is 6.08 Å². The maximum absolute atomic E-state index is 11.5. The second-order valence-electron chi connectivity index (χ2n) is 5.77. The fourth-order valence-corrected chi connectivity index (χ4v) is 3.69. The zero-order valence-electron chi connectivity index (χ0n) is 10.3. The van der Waals surface area contributed by atoms with E-state index in [1.54, 1.807) is 12.2 Å². The van der Waals surface area contributed by atoms with Gasteiger partial charge in [0.15, 0.2) is 5.78 Å². The van der Waals surface area contributed by atoms with Crippen LogP contribution >= 0.6 is 0 Å². The van der Waals surface area contributed by atoms with Gasteiger partial charge < -0.3 is 4.74 Å². The van der Waals surface area contributed by atoms with Crippen LogP contribution in [0.15, 0.2) is 36.0 Å². The van der Waals surface area contributed by atoms with Crippen LogP contribution in [0.2, 0.25) is 0 Å². The minimum absolute atomic E-state index is 0.0730. The normalized spacial score (nSPS) is 40.6. The third-order valence-corrected chi connectivity index (χ3v) is 4.49. The largest absolute Gasteiger partial charge is 0.362 e. The lowest BCUT2D eigenvalue weighted by Crippen LogP contribution is -2.55. The van der Waals surface area contributed by atoms with E-state index in [1.165, 1.54) is 11.1 Å². The molecule has 0 aromatic rings. The fraction of sp³-hybridized carbons (Fsp3) is 0.533. The van der Waals surface area contributed by atoms with Crippen molar-refractivity contribution in [2.45, 2.75) is 38.2 Å². The summed E-state index contributed by atoms with van der Waals surface area (Å²) >= 11 is 0. The van der Waals surface area contributed by atoms with Gasteiger partial charge in [0.05, 0.1) is 6.61 Å². The van der Waals surface area contributed by atoms with Crippen LogP contribution in [0.5, 0.6) is 0 Å². The highest BCUT2D eigenvalue weighted by molar-refractivity contribution is 6.01. The summed E-state index contributed by atoms with van der Waals surface area (Å²) < 4.78 is 6.13. The highest BCUT2D eigenvalue weighted by Gasteiger charge is 2.55. The average Bonchev–Trinajstić information content (AvgIpc) is 2.27. The van der Waals surface area contributed by atoms with Gasteiger partial charge in [0.2, 0.25) is 0 Å². The van der Waals surface area contributed by atoms with Gasteiger partial charge in [-0.15, -0.1) is 0 Å². The van der Waals surface area contributed by atoms with Crippen molar-refractivity contribution in [3.63, 3.8) is 0 Å². The lowest BCUT2D eigenvalue weighted by Gasteiger charge is -2.55. The zero-order valence-corrected chi connectivity index (χ0v) is 10.3. The van der Waals surface area contributed by atoms with Crippen molar-refractivity contribution in [2.75, 3.05) is 6.61 Å². The van der Waals surface area contributed by atoms with Crippen molar-refractivity contribution < 1.29 is 9.53 Å². The molecule has 1 saturated carbocycles. The number of hydrogen-bond acceptors (Lipinski definition) is 2. The van der Waals surface area contributed by atoms with Gasteiger partial charge >= 0.3 is 0 Å².